The number of fused-ring (bicyclic) bond motifs is 1. The van der Waals surface area contributed by atoms with Crippen LogP contribution in [-0.2, 0) is 32.3 Å². The van der Waals surface area contributed by atoms with E-state index in [1.807, 2.05) is 6.92 Å². The number of hydrogen-bond acceptors (Lipinski definition) is 7. The molecule has 0 atom stereocenters. The van der Waals surface area contributed by atoms with Crippen LogP contribution in [0.5, 0.6) is 0 Å². The number of carbonyl (C=O) groups excluding carboxylic acids is 1. The molecule has 3 aromatic heterocycles. The third-order valence-corrected chi connectivity index (χ3v) is 7.65. The quantitative estimate of drug-likeness (QED) is 0.410. The Kier molecular flexibility index (Phi) is 5.59. The largest absolute Gasteiger partial charge is 0.468 e. The monoisotopic (exact) mass is 459 g/mol. The number of hydrogen-bond donors (Lipinski definition) is 0. The van der Waals surface area contributed by atoms with Gasteiger partial charge in [-0.3, -0.25) is 4.79 Å². The summed E-state index contributed by atoms with van der Waals surface area (Å²) in [5, 5.41) is 0.454. The Hall–Kier alpha value is -3.11. The molecule has 0 saturated carbocycles. The van der Waals surface area contributed by atoms with Crippen molar-refractivity contribution in [2.24, 2.45) is 0 Å². The Morgan fingerprint density at radius 1 is 1.23 bits per heavy atom. The molecule has 1 aromatic carbocycles. The average Bonchev–Trinajstić information content (AvgIpc) is 3.33. The highest BCUT2D eigenvalue weighted by atomic mass is 32.2. The minimum absolute atomic E-state index is 0.0355. The van der Waals surface area contributed by atoms with Crippen LogP contribution in [0.2, 0.25) is 0 Å². The van der Waals surface area contributed by atoms with Gasteiger partial charge in [0.2, 0.25) is 9.84 Å². The Balaban J connectivity index is 1.83. The lowest BCUT2D eigenvalue weighted by molar-refractivity contribution is -0.141. The van der Waals surface area contributed by atoms with Gasteiger partial charge in [0.1, 0.15) is 12.4 Å². The number of pyridine rings is 1. The molecule has 0 aliphatic carbocycles. The molecule has 0 bridgehead atoms. The van der Waals surface area contributed by atoms with Crippen molar-refractivity contribution < 1.29 is 22.3 Å². The van der Waals surface area contributed by atoms with Crippen molar-refractivity contribution >= 4 is 38.0 Å². The summed E-state index contributed by atoms with van der Waals surface area (Å²) in [5.74, 6) is -0.860. The van der Waals surface area contributed by atoms with Crippen LogP contribution in [0.4, 0.5) is 4.39 Å². The highest BCUT2D eigenvalue weighted by Crippen LogP contribution is 2.33. The van der Waals surface area contributed by atoms with Crippen LogP contribution in [0.25, 0.3) is 10.9 Å². The van der Waals surface area contributed by atoms with Crippen molar-refractivity contribution in [3.8, 4) is 0 Å². The molecule has 0 spiro atoms. The number of sulfone groups is 1. The van der Waals surface area contributed by atoms with Crippen LogP contribution in [0.15, 0.2) is 58.2 Å². The van der Waals surface area contributed by atoms with Crippen molar-refractivity contribution in [2.45, 2.75) is 29.9 Å². The zero-order chi connectivity index (χ0) is 22.2. The lowest BCUT2D eigenvalue weighted by atomic mass is 10.1. The third kappa shape index (κ3) is 3.84. The summed E-state index contributed by atoms with van der Waals surface area (Å²) in [5.41, 5.74) is 3.58. The van der Waals surface area contributed by atoms with E-state index in [9.17, 15) is 17.6 Å². The van der Waals surface area contributed by atoms with Gasteiger partial charge in [-0.15, -0.1) is 11.3 Å². The number of carbonyl (C=O) groups is 1. The average molecular weight is 460 g/mol. The molecule has 0 aliphatic heterocycles. The summed E-state index contributed by atoms with van der Waals surface area (Å²) >= 11 is 1.20. The first-order valence-electron chi connectivity index (χ1n) is 9.25. The third-order valence-electron chi connectivity index (χ3n) is 5.04. The second-order valence-electron chi connectivity index (χ2n) is 6.82. The topological polar surface area (TPSA) is 91.2 Å². The Bertz CT molecular complexity index is 1380. The molecule has 0 radical (unpaired) electrons. The van der Waals surface area contributed by atoms with Gasteiger partial charge in [0.15, 0.2) is 10.1 Å². The fourth-order valence-corrected chi connectivity index (χ4v) is 5.93. The maximum Gasteiger partial charge on any atom is 0.325 e. The van der Waals surface area contributed by atoms with E-state index in [0.717, 1.165) is 11.3 Å². The standard InChI is InChI=1S/C21H18FN3O4S2/c1-13-15(16-9-14(22)6-7-17(16)25(13)11-20(26)29-2)10-18-21(24-12-30-18)31(27,28)19-5-3-4-8-23-19/h3-9,12H,10-11H2,1-2H3. The minimum atomic E-state index is -3.90. The Labute approximate surface area is 182 Å². The molecular weight excluding hydrogens is 441 g/mol. The summed E-state index contributed by atoms with van der Waals surface area (Å²) in [6, 6.07) is 8.96. The molecule has 0 aliphatic rings. The molecule has 7 nitrogen and oxygen atoms in total. The summed E-state index contributed by atoms with van der Waals surface area (Å²) in [6.45, 7) is 1.77. The second-order valence-corrected chi connectivity index (χ2v) is 9.57. The number of rotatable bonds is 6. The second kappa shape index (κ2) is 8.20. The van der Waals surface area contributed by atoms with Crippen LogP contribution in [0, 0.1) is 12.7 Å². The summed E-state index contributed by atoms with van der Waals surface area (Å²) in [6.07, 6.45) is 1.62. The Morgan fingerprint density at radius 2 is 2.03 bits per heavy atom. The molecule has 160 valence electrons. The van der Waals surface area contributed by atoms with Crippen molar-refractivity contribution in [3.63, 3.8) is 0 Å². The number of thiazole rings is 1. The number of ether oxygens (including phenoxy) is 1. The molecule has 0 fully saturated rings. The van der Waals surface area contributed by atoms with Gasteiger partial charge in [-0.1, -0.05) is 6.07 Å². The van der Waals surface area contributed by atoms with Crippen molar-refractivity contribution in [1.82, 2.24) is 14.5 Å². The highest BCUT2D eigenvalue weighted by molar-refractivity contribution is 7.91. The molecule has 10 heteroatoms. The first kappa shape index (κ1) is 21.1. The fraction of sp³-hybridized carbons (Fsp3) is 0.190. The predicted octanol–water partition coefficient (Wildman–Crippen LogP) is 3.54. The van der Waals surface area contributed by atoms with Gasteiger partial charge in [0.25, 0.3) is 0 Å². The predicted molar refractivity (Wildman–Crippen MR) is 113 cm³/mol. The molecule has 0 amide bonds. The fourth-order valence-electron chi connectivity index (χ4n) is 3.51. The summed E-state index contributed by atoms with van der Waals surface area (Å²) < 4.78 is 46.7. The van der Waals surface area contributed by atoms with Gasteiger partial charge < -0.3 is 9.30 Å². The number of halogens is 1. The van der Waals surface area contributed by atoms with Gasteiger partial charge in [-0.25, -0.2) is 22.8 Å². The zero-order valence-electron chi connectivity index (χ0n) is 16.7. The van der Waals surface area contributed by atoms with E-state index in [1.165, 1.54) is 48.4 Å². The highest BCUT2D eigenvalue weighted by Gasteiger charge is 2.27. The van der Waals surface area contributed by atoms with E-state index < -0.39 is 21.6 Å². The van der Waals surface area contributed by atoms with Gasteiger partial charge in [0.05, 0.1) is 12.6 Å². The maximum absolute atomic E-state index is 14.0. The van der Waals surface area contributed by atoms with Crippen LogP contribution in [0.3, 0.4) is 0 Å². The maximum atomic E-state index is 14.0. The van der Waals surface area contributed by atoms with Crippen LogP contribution in [-0.4, -0.2) is 36.0 Å². The number of benzene rings is 1. The summed E-state index contributed by atoms with van der Waals surface area (Å²) in [4.78, 5) is 20.5. The first-order valence-corrected chi connectivity index (χ1v) is 11.6. The van der Waals surface area contributed by atoms with Gasteiger partial charge >= 0.3 is 5.97 Å². The number of methoxy groups -OCH3 is 1. The Morgan fingerprint density at radius 3 is 2.74 bits per heavy atom. The molecule has 4 rings (SSSR count). The van der Waals surface area contributed by atoms with Crippen molar-refractivity contribution in [1.29, 1.82) is 0 Å². The summed E-state index contributed by atoms with van der Waals surface area (Å²) in [7, 11) is -2.60. The van der Waals surface area contributed by atoms with E-state index in [1.54, 1.807) is 22.8 Å². The molecule has 0 saturated heterocycles. The molecule has 3 heterocycles. The lowest BCUT2D eigenvalue weighted by Crippen LogP contribution is -2.12. The molecule has 4 aromatic rings. The zero-order valence-corrected chi connectivity index (χ0v) is 18.3. The first-order chi connectivity index (χ1) is 14.8. The molecular formula is C21H18FN3O4S2. The molecule has 0 N–H and O–H groups in total. The van der Waals surface area contributed by atoms with Crippen molar-refractivity contribution in [3.05, 3.63) is 70.1 Å². The van der Waals surface area contributed by atoms with E-state index >= 15 is 0 Å². The lowest BCUT2D eigenvalue weighted by Gasteiger charge is -2.07. The van der Waals surface area contributed by atoms with E-state index in [0.29, 0.717) is 15.8 Å². The normalized spacial score (nSPS) is 11.7. The van der Waals surface area contributed by atoms with E-state index in [2.05, 4.69) is 9.97 Å². The SMILES string of the molecule is COC(=O)Cn1c(C)c(Cc2scnc2S(=O)(=O)c2ccccn2)c2cc(F)ccc21. The molecule has 0 unspecified atom stereocenters. The van der Waals surface area contributed by atoms with E-state index in [4.69, 9.17) is 4.74 Å². The number of aromatic nitrogens is 3. The van der Waals surface area contributed by atoms with Gasteiger partial charge in [-0.05, 0) is 42.8 Å². The van der Waals surface area contributed by atoms with Crippen molar-refractivity contribution in [2.75, 3.05) is 7.11 Å². The molecule has 31 heavy (non-hydrogen) atoms. The smallest absolute Gasteiger partial charge is 0.325 e. The van der Waals surface area contributed by atoms with Crippen LogP contribution >= 0.6 is 11.3 Å². The van der Waals surface area contributed by atoms with Crippen LogP contribution in [0.1, 0.15) is 16.1 Å². The van der Waals surface area contributed by atoms with Gasteiger partial charge in [-0.2, -0.15) is 0 Å². The number of nitrogens with zero attached hydrogens (tertiary/aromatic N) is 3. The minimum Gasteiger partial charge on any atom is -0.468 e. The van der Waals surface area contributed by atoms with Gasteiger partial charge in [0, 0.05) is 34.1 Å². The number of esters is 1. The van der Waals surface area contributed by atoms with Crippen LogP contribution < -0.4 is 0 Å². The van der Waals surface area contributed by atoms with E-state index in [-0.39, 0.29) is 23.0 Å².